The second-order valence-electron chi connectivity index (χ2n) is 6.12. The summed E-state index contributed by atoms with van der Waals surface area (Å²) in [4.78, 5) is 23.2. The maximum absolute atomic E-state index is 14.0. The maximum Gasteiger partial charge on any atom is 0.286 e. The number of benzene rings is 2. The van der Waals surface area contributed by atoms with Crippen molar-refractivity contribution in [3.8, 4) is 0 Å². The van der Waals surface area contributed by atoms with Gasteiger partial charge in [0.05, 0.1) is 11.8 Å². The molecule has 4 rings (SSSR count). The van der Waals surface area contributed by atoms with Crippen LogP contribution in [0.4, 0.5) is 13.6 Å². The lowest BCUT2D eigenvalue weighted by Crippen LogP contribution is -2.25. The second-order valence-corrected chi connectivity index (χ2v) is 7.30. The lowest BCUT2D eigenvalue weighted by Gasteiger charge is -2.07. The van der Waals surface area contributed by atoms with E-state index in [0.717, 1.165) is 40.4 Å². The van der Waals surface area contributed by atoms with Crippen LogP contribution in [0, 0.1) is 11.6 Å². The Morgan fingerprint density at radius 3 is 2.65 bits per heavy atom. The molecule has 3 aromatic rings. The molecule has 2 amide bonds. The van der Waals surface area contributed by atoms with Crippen LogP contribution in [-0.2, 0) is 17.8 Å². The van der Waals surface area contributed by atoms with E-state index in [1.165, 1.54) is 6.07 Å². The number of thioether (sulfide) groups is 1. The summed E-state index contributed by atoms with van der Waals surface area (Å²) in [5, 5.41) is 2.39. The monoisotopic (exact) mass is 372 g/mol. The van der Waals surface area contributed by atoms with Crippen LogP contribution in [0.1, 0.15) is 11.1 Å². The van der Waals surface area contributed by atoms with Gasteiger partial charge in [-0.2, -0.15) is 0 Å². The van der Waals surface area contributed by atoms with Crippen molar-refractivity contribution in [2.45, 2.75) is 18.2 Å². The first-order valence-electron chi connectivity index (χ1n) is 8.03. The molecule has 2 aromatic carbocycles. The van der Waals surface area contributed by atoms with Gasteiger partial charge in [0, 0.05) is 22.7 Å². The Bertz CT molecular complexity index is 1030. The molecule has 1 aliphatic heterocycles. The molecule has 1 aromatic heterocycles. The molecule has 0 aliphatic carbocycles. The lowest BCUT2D eigenvalue weighted by atomic mass is 10.1. The summed E-state index contributed by atoms with van der Waals surface area (Å²) in [6.45, 7) is 0.174. The SMILES string of the molecule is O=C1NC(=O)C(Cc2cn(Cc3cc(F)ccc3F)c3ccccc23)S1. The second kappa shape index (κ2) is 6.57. The van der Waals surface area contributed by atoms with E-state index >= 15 is 0 Å². The highest BCUT2D eigenvalue weighted by Gasteiger charge is 2.32. The quantitative estimate of drug-likeness (QED) is 0.757. The van der Waals surface area contributed by atoms with Crippen LogP contribution in [-0.4, -0.2) is 21.0 Å². The number of rotatable bonds is 4. The van der Waals surface area contributed by atoms with Gasteiger partial charge in [0.1, 0.15) is 11.6 Å². The highest BCUT2D eigenvalue weighted by molar-refractivity contribution is 8.15. The van der Waals surface area contributed by atoms with E-state index in [2.05, 4.69) is 5.32 Å². The number of carbonyl (C=O) groups is 2. The van der Waals surface area contributed by atoms with Crippen LogP contribution >= 0.6 is 11.8 Å². The number of para-hydroxylation sites is 1. The van der Waals surface area contributed by atoms with Gasteiger partial charge in [0.15, 0.2) is 0 Å². The molecule has 7 heteroatoms. The first-order valence-corrected chi connectivity index (χ1v) is 8.91. The third-order valence-corrected chi connectivity index (χ3v) is 5.37. The average molecular weight is 372 g/mol. The van der Waals surface area contributed by atoms with Crippen LogP contribution in [0.3, 0.4) is 0 Å². The minimum Gasteiger partial charge on any atom is -0.343 e. The summed E-state index contributed by atoms with van der Waals surface area (Å²) in [5.74, 6) is -1.26. The Kier molecular flexibility index (Phi) is 4.24. The highest BCUT2D eigenvalue weighted by atomic mass is 32.2. The van der Waals surface area contributed by atoms with Crippen molar-refractivity contribution in [3.63, 3.8) is 0 Å². The number of imide groups is 1. The fourth-order valence-electron chi connectivity index (χ4n) is 3.19. The third kappa shape index (κ3) is 3.10. The van der Waals surface area contributed by atoms with Gasteiger partial charge < -0.3 is 4.57 Å². The van der Waals surface area contributed by atoms with Crippen LogP contribution in [0.2, 0.25) is 0 Å². The molecule has 1 N–H and O–H groups in total. The Morgan fingerprint density at radius 1 is 1.08 bits per heavy atom. The summed E-state index contributed by atoms with van der Waals surface area (Å²) >= 11 is 0.976. The molecular weight excluding hydrogens is 358 g/mol. The Morgan fingerprint density at radius 2 is 1.88 bits per heavy atom. The zero-order valence-electron chi connectivity index (χ0n) is 13.5. The van der Waals surface area contributed by atoms with Gasteiger partial charge in [0.2, 0.25) is 5.91 Å². The summed E-state index contributed by atoms with van der Waals surface area (Å²) in [7, 11) is 0. The van der Waals surface area contributed by atoms with E-state index in [1.807, 2.05) is 35.0 Å². The van der Waals surface area contributed by atoms with Gasteiger partial charge >= 0.3 is 0 Å². The predicted molar refractivity (Wildman–Crippen MR) is 96.0 cm³/mol. The van der Waals surface area contributed by atoms with Crippen molar-refractivity contribution >= 4 is 33.8 Å². The predicted octanol–water partition coefficient (Wildman–Crippen LogP) is 3.86. The Labute approximate surface area is 152 Å². The van der Waals surface area contributed by atoms with E-state index in [9.17, 15) is 18.4 Å². The summed E-state index contributed by atoms with van der Waals surface area (Å²) in [6, 6.07) is 10.9. The number of aromatic nitrogens is 1. The number of carbonyl (C=O) groups excluding carboxylic acids is 2. The topological polar surface area (TPSA) is 51.1 Å². The number of fused-ring (bicyclic) bond motifs is 1. The van der Waals surface area contributed by atoms with Crippen molar-refractivity contribution in [1.29, 1.82) is 0 Å². The molecule has 0 bridgehead atoms. The molecule has 1 aliphatic rings. The van der Waals surface area contributed by atoms with Crippen molar-refractivity contribution in [2.24, 2.45) is 0 Å². The standard InChI is InChI=1S/C19H14F2N2O2S/c20-13-5-6-15(21)12(7-13)10-23-9-11(14-3-1-2-4-16(14)23)8-17-18(24)22-19(25)26-17/h1-7,9,17H,8,10H2,(H,22,24,25). The van der Waals surface area contributed by atoms with E-state index in [1.54, 1.807) is 0 Å². The number of hydrogen-bond acceptors (Lipinski definition) is 3. The summed E-state index contributed by atoms with van der Waals surface area (Å²) < 4.78 is 29.3. The molecule has 1 atom stereocenters. The van der Waals surface area contributed by atoms with Crippen LogP contribution in [0.25, 0.3) is 10.9 Å². The first-order chi connectivity index (χ1) is 12.5. The zero-order valence-corrected chi connectivity index (χ0v) is 14.4. The molecular formula is C19H14F2N2O2S. The molecule has 4 nitrogen and oxygen atoms in total. The number of amides is 2. The van der Waals surface area contributed by atoms with Crippen LogP contribution in [0.15, 0.2) is 48.7 Å². The zero-order chi connectivity index (χ0) is 18.3. The molecule has 1 saturated heterocycles. The summed E-state index contributed by atoms with van der Waals surface area (Å²) in [6.07, 6.45) is 2.23. The smallest absolute Gasteiger partial charge is 0.286 e. The Hall–Kier alpha value is -2.67. The van der Waals surface area contributed by atoms with E-state index in [-0.39, 0.29) is 23.3 Å². The van der Waals surface area contributed by atoms with Gasteiger partial charge in [-0.05, 0) is 36.2 Å². The molecule has 0 spiro atoms. The number of hydrogen-bond donors (Lipinski definition) is 1. The fourth-order valence-corrected chi connectivity index (χ4v) is 4.04. The lowest BCUT2D eigenvalue weighted by molar-refractivity contribution is -0.118. The third-order valence-electron chi connectivity index (χ3n) is 4.39. The maximum atomic E-state index is 14.0. The fraction of sp³-hybridized carbons (Fsp3) is 0.158. The van der Waals surface area contributed by atoms with Crippen molar-refractivity contribution in [3.05, 3.63) is 71.4 Å². The first kappa shape index (κ1) is 16.8. The number of nitrogens with zero attached hydrogens (tertiary/aromatic N) is 1. The van der Waals surface area contributed by atoms with E-state index in [4.69, 9.17) is 0 Å². The molecule has 0 radical (unpaired) electrons. The molecule has 2 heterocycles. The van der Waals surface area contributed by atoms with Gasteiger partial charge in [-0.25, -0.2) is 8.78 Å². The number of halogens is 2. The minimum atomic E-state index is -0.490. The molecule has 0 saturated carbocycles. The average Bonchev–Trinajstić information content (AvgIpc) is 3.11. The summed E-state index contributed by atoms with van der Waals surface area (Å²) in [5.41, 5.74) is 2.00. The molecule has 132 valence electrons. The van der Waals surface area contributed by atoms with Gasteiger partial charge in [-0.1, -0.05) is 30.0 Å². The largest absolute Gasteiger partial charge is 0.343 e. The van der Waals surface area contributed by atoms with E-state index < -0.39 is 16.9 Å². The van der Waals surface area contributed by atoms with E-state index in [0.29, 0.717) is 6.42 Å². The van der Waals surface area contributed by atoms with Crippen LogP contribution < -0.4 is 5.32 Å². The number of nitrogens with one attached hydrogen (secondary N) is 1. The van der Waals surface area contributed by atoms with Crippen molar-refractivity contribution in [2.75, 3.05) is 0 Å². The van der Waals surface area contributed by atoms with Gasteiger partial charge in [-0.3, -0.25) is 14.9 Å². The Balaban J connectivity index is 1.71. The minimum absolute atomic E-state index is 0.174. The van der Waals surface area contributed by atoms with Crippen molar-refractivity contribution < 1.29 is 18.4 Å². The van der Waals surface area contributed by atoms with Gasteiger partial charge in [0.25, 0.3) is 5.24 Å². The molecule has 1 fully saturated rings. The normalized spacial score (nSPS) is 17.1. The molecule has 26 heavy (non-hydrogen) atoms. The van der Waals surface area contributed by atoms with Gasteiger partial charge in [-0.15, -0.1) is 0 Å². The highest BCUT2D eigenvalue weighted by Crippen LogP contribution is 2.29. The van der Waals surface area contributed by atoms with Crippen LogP contribution in [0.5, 0.6) is 0 Å². The van der Waals surface area contributed by atoms with Crippen molar-refractivity contribution in [1.82, 2.24) is 9.88 Å². The molecule has 1 unspecified atom stereocenters.